The zero-order chi connectivity index (χ0) is 32.8. The van der Waals surface area contributed by atoms with Crippen molar-refractivity contribution in [3.63, 3.8) is 0 Å². The molecule has 45 heavy (non-hydrogen) atoms. The van der Waals surface area contributed by atoms with Crippen molar-refractivity contribution < 1.29 is 18.7 Å². The minimum atomic E-state index is -0.677. The smallest absolute Gasteiger partial charge is 0.410 e. The number of carbonyl (C=O) groups is 2. The zero-order valence-corrected chi connectivity index (χ0v) is 27.1. The molecule has 0 saturated carbocycles. The summed E-state index contributed by atoms with van der Waals surface area (Å²) in [6, 6.07) is 7.28. The number of aryl methyl sites for hydroxylation is 1. The molecule has 4 aromatic rings. The molecule has 12 heteroatoms. The van der Waals surface area contributed by atoms with Crippen LogP contribution in [0.15, 0.2) is 41.3 Å². The molecule has 1 aliphatic heterocycles. The monoisotopic (exact) mass is 634 g/mol. The van der Waals surface area contributed by atoms with E-state index < -0.39 is 23.2 Å². The van der Waals surface area contributed by atoms with Gasteiger partial charge in [0.1, 0.15) is 17.2 Å². The molecule has 10 nitrogen and oxygen atoms in total. The van der Waals surface area contributed by atoms with Crippen molar-refractivity contribution in [3.05, 3.63) is 74.7 Å². The highest BCUT2D eigenvalue weighted by Gasteiger charge is 2.33. The van der Waals surface area contributed by atoms with Crippen LogP contribution in [0.3, 0.4) is 0 Å². The Hall–Kier alpha value is -4.38. The Bertz CT molecular complexity index is 1870. The summed E-state index contributed by atoms with van der Waals surface area (Å²) in [5, 5.41) is 0.527. The first-order valence-electron chi connectivity index (χ1n) is 14.8. The Morgan fingerprint density at radius 1 is 1.18 bits per heavy atom. The maximum atomic E-state index is 15.3. The van der Waals surface area contributed by atoms with E-state index in [1.54, 1.807) is 23.2 Å². The number of aromatic nitrogens is 4. The van der Waals surface area contributed by atoms with Crippen LogP contribution in [0.4, 0.5) is 15.0 Å². The molecule has 1 fully saturated rings. The van der Waals surface area contributed by atoms with E-state index >= 15 is 4.39 Å². The number of carbonyl (C=O) groups excluding carboxylic acids is 2. The summed E-state index contributed by atoms with van der Waals surface area (Å²) in [6.07, 6.45) is 1.81. The topological polar surface area (TPSA) is 111 Å². The van der Waals surface area contributed by atoms with E-state index in [0.717, 1.165) is 5.56 Å². The van der Waals surface area contributed by atoms with Crippen molar-refractivity contribution in [2.45, 2.75) is 66.0 Å². The highest BCUT2D eigenvalue weighted by molar-refractivity contribution is 6.34. The second-order valence-electron chi connectivity index (χ2n) is 12.6. The third-order valence-corrected chi connectivity index (χ3v) is 7.98. The molecule has 0 unspecified atom stereocenters. The molecule has 0 radical (unpaired) electrons. The van der Waals surface area contributed by atoms with Crippen LogP contribution >= 0.6 is 11.6 Å². The van der Waals surface area contributed by atoms with Gasteiger partial charge in [0.05, 0.1) is 27.5 Å². The molecule has 0 spiro atoms. The first-order valence-corrected chi connectivity index (χ1v) is 15.2. The lowest BCUT2D eigenvalue weighted by Gasteiger charge is -2.41. The fourth-order valence-electron chi connectivity index (χ4n) is 5.64. The molecule has 0 bridgehead atoms. The Morgan fingerprint density at radius 3 is 2.56 bits per heavy atom. The molecule has 4 heterocycles. The van der Waals surface area contributed by atoms with Crippen molar-refractivity contribution in [3.8, 4) is 16.9 Å². The molecular weight excluding hydrogens is 599 g/mol. The van der Waals surface area contributed by atoms with Gasteiger partial charge in [-0.1, -0.05) is 37.6 Å². The second-order valence-corrected chi connectivity index (χ2v) is 13.0. The van der Waals surface area contributed by atoms with Gasteiger partial charge in [-0.3, -0.25) is 9.78 Å². The third kappa shape index (κ3) is 6.13. The molecule has 1 amide bonds. The van der Waals surface area contributed by atoms with Crippen LogP contribution < -0.4 is 10.6 Å². The average Bonchev–Trinajstić information content (AvgIpc) is 2.96. The van der Waals surface area contributed by atoms with Crippen LogP contribution in [-0.4, -0.2) is 68.1 Å². The molecule has 0 N–H and O–H groups in total. The summed E-state index contributed by atoms with van der Waals surface area (Å²) < 4.78 is 22.2. The molecule has 1 atom stereocenters. The fourth-order valence-corrected chi connectivity index (χ4v) is 5.89. The summed E-state index contributed by atoms with van der Waals surface area (Å²) in [7, 11) is 0. The number of fused-ring (bicyclic) bond motifs is 1. The number of nitrogens with zero attached hydrogens (tertiary/aromatic N) is 6. The lowest BCUT2D eigenvalue weighted by Crippen LogP contribution is -2.55. The summed E-state index contributed by atoms with van der Waals surface area (Å²) in [5.74, 6) is -0.397. The lowest BCUT2D eigenvalue weighted by atomic mass is 10.0. The number of hydrogen-bond donors (Lipinski definition) is 0. The predicted molar refractivity (Wildman–Crippen MR) is 172 cm³/mol. The van der Waals surface area contributed by atoms with Crippen LogP contribution in [0, 0.1) is 12.7 Å². The van der Waals surface area contributed by atoms with E-state index in [0.29, 0.717) is 48.5 Å². The molecule has 1 aliphatic rings. The quantitative estimate of drug-likeness (QED) is 0.234. The molecule has 236 valence electrons. The number of pyridine rings is 2. The molecular formula is C33H36ClFN6O4. The van der Waals surface area contributed by atoms with Crippen LogP contribution in [-0.2, 0) is 4.74 Å². The van der Waals surface area contributed by atoms with Gasteiger partial charge in [0.25, 0.3) is 0 Å². The van der Waals surface area contributed by atoms with Crippen LogP contribution in [0.2, 0.25) is 5.02 Å². The molecule has 0 aliphatic carbocycles. The fraction of sp³-hybridized carbons (Fsp3) is 0.394. The maximum Gasteiger partial charge on any atom is 0.410 e. The van der Waals surface area contributed by atoms with Gasteiger partial charge in [-0.2, -0.15) is 4.98 Å². The Kier molecular flexibility index (Phi) is 8.68. The Balaban J connectivity index is 1.76. The first kappa shape index (κ1) is 32.0. The van der Waals surface area contributed by atoms with E-state index in [1.165, 1.54) is 22.8 Å². The minimum absolute atomic E-state index is 0.0186. The van der Waals surface area contributed by atoms with E-state index in [2.05, 4.69) is 9.97 Å². The first-order chi connectivity index (χ1) is 21.2. The van der Waals surface area contributed by atoms with Crippen LogP contribution in [0.1, 0.15) is 69.1 Å². The van der Waals surface area contributed by atoms with Crippen molar-refractivity contribution in [1.82, 2.24) is 24.4 Å². The Morgan fingerprint density at radius 2 is 1.91 bits per heavy atom. The summed E-state index contributed by atoms with van der Waals surface area (Å²) >= 11 is 6.80. The number of piperazine rings is 1. The summed E-state index contributed by atoms with van der Waals surface area (Å²) in [6.45, 7) is 14.2. The van der Waals surface area contributed by atoms with Gasteiger partial charge < -0.3 is 14.5 Å². The molecule has 1 aromatic carbocycles. The van der Waals surface area contributed by atoms with E-state index in [9.17, 15) is 14.4 Å². The van der Waals surface area contributed by atoms with Crippen molar-refractivity contribution in [2.75, 3.05) is 24.5 Å². The number of aldehydes is 1. The van der Waals surface area contributed by atoms with Gasteiger partial charge in [0.2, 0.25) is 0 Å². The maximum absolute atomic E-state index is 15.3. The van der Waals surface area contributed by atoms with Gasteiger partial charge in [0, 0.05) is 43.0 Å². The van der Waals surface area contributed by atoms with Gasteiger partial charge in [0.15, 0.2) is 11.9 Å². The number of rotatable bonds is 5. The number of halogens is 2. The van der Waals surface area contributed by atoms with Gasteiger partial charge >= 0.3 is 11.8 Å². The second kappa shape index (κ2) is 12.2. The van der Waals surface area contributed by atoms with E-state index in [-0.39, 0.29) is 39.5 Å². The largest absolute Gasteiger partial charge is 0.444 e. The van der Waals surface area contributed by atoms with Crippen molar-refractivity contribution in [1.29, 1.82) is 0 Å². The molecule has 3 aromatic heterocycles. The summed E-state index contributed by atoms with van der Waals surface area (Å²) in [5.41, 5.74) is 0.906. The minimum Gasteiger partial charge on any atom is -0.444 e. The standard InChI is InChI=1S/C33H36ClFN6O4/c1-18(2)26-28(19(3)11-12-36-26)41-30-22(15-23(34)27(37-30)25-21(17-42)9-8-10-24(25)35)29(38-31(41)43)40-14-13-39(16-20(40)4)32(44)45-33(5,6)7/h8-12,15,17-18,20H,13-14,16H2,1-7H3/t20-/m0/s1. The number of amides is 1. The number of hydrogen-bond acceptors (Lipinski definition) is 8. The zero-order valence-electron chi connectivity index (χ0n) is 26.4. The predicted octanol–water partition coefficient (Wildman–Crippen LogP) is 6.33. The third-order valence-electron chi connectivity index (χ3n) is 7.69. The van der Waals surface area contributed by atoms with Gasteiger partial charge in [-0.05, 0) is 64.3 Å². The normalized spacial score (nSPS) is 15.6. The molecule has 1 saturated heterocycles. The van der Waals surface area contributed by atoms with Crippen LogP contribution in [0.25, 0.3) is 28.0 Å². The van der Waals surface area contributed by atoms with E-state index in [1.807, 2.05) is 53.4 Å². The molecule has 5 rings (SSSR count). The highest BCUT2D eigenvalue weighted by Crippen LogP contribution is 2.37. The van der Waals surface area contributed by atoms with Crippen molar-refractivity contribution >= 4 is 40.8 Å². The highest BCUT2D eigenvalue weighted by atomic mass is 35.5. The number of anilines is 1. The van der Waals surface area contributed by atoms with Gasteiger partial charge in [-0.15, -0.1) is 0 Å². The number of benzene rings is 1. The number of ether oxygens (including phenoxy) is 1. The van der Waals surface area contributed by atoms with E-state index in [4.69, 9.17) is 21.3 Å². The van der Waals surface area contributed by atoms with Crippen LogP contribution in [0.5, 0.6) is 0 Å². The van der Waals surface area contributed by atoms with Gasteiger partial charge in [-0.25, -0.2) is 23.5 Å². The lowest BCUT2D eigenvalue weighted by molar-refractivity contribution is 0.0218. The average molecular weight is 635 g/mol. The Labute approximate surface area is 265 Å². The summed E-state index contributed by atoms with van der Waals surface area (Å²) in [4.78, 5) is 56.3. The van der Waals surface area contributed by atoms with Crippen molar-refractivity contribution in [2.24, 2.45) is 0 Å². The SMILES string of the molecule is Cc1ccnc(C(C)C)c1-n1c(=O)nc(N2CCN(C(=O)OC(C)(C)C)C[C@@H]2C)c2cc(Cl)c(-c3c(F)cccc3C=O)nc21.